The summed E-state index contributed by atoms with van der Waals surface area (Å²) in [6.07, 6.45) is 1.26. The Kier molecular flexibility index (Phi) is 6.52. The number of carbonyl (C=O) groups is 1. The van der Waals surface area contributed by atoms with Gasteiger partial charge in [0, 0.05) is 16.3 Å². The number of anilines is 1. The van der Waals surface area contributed by atoms with Gasteiger partial charge in [-0.3, -0.25) is 4.79 Å². The molecule has 0 saturated carbocycles. The minimum absolute atomic E-state index is 0.00611. The highest BCUT2D eigenvalue weighted by Crippen LogP contribution is 2.25. The second-order valence-electron chi connectivity index (χ2n) is 6.02. The Bertz CT molecular complexity index is 1230. The maximum absolute atomic E-state index is 12.5. The standard InChI is InChI=1S/C22H15ClN2O4S/c23-18-10-12-19(13-11-18)25-22(26)17(15-24)14-16-6-4-5-9-21(16)29-30(27,28)20-7-2-1-3-8-20/h1-14H,(H,25,26)/b17-14+. The Morgan fingerprint density at radius 2 is 1.60 bits per heavy atom. The number of para-hydroxylation sites is 1. The Labute approximate surface area is 179 Å². The van der Waals surface area contributed by atoms with Crippen molar-refractivity contribution in [2.75, 3.05) is 5.32 Å². The summed E-state index contributed by atoms with van der Waals surface area (Å²) in [4.78, 5) is 12.4. The number of nitriles is 1. The number of nitrogens with zero attached hydrogens (tertiary/aromatic N) is 1. The molecule has 3 aromatic rings. The van der Waals surface area contributed by atoms with E-state index in [-0.39, 0.29) is 21.8 Å². The number of amides is 1. The molecule has 0 heterocycles. The normalized spacial score (nSPS) is 11.4. The number of hydrogen-bond acceptors (Lipinski definition) is 5. The minimum atomic E-state index is -4.08. The first-order valence-electron chi connectivity index (χ1n) is 8.66. The van der Waals surface area contributed by atoms with Gasteiger partial charge >= 0.3 is 10.1 Å². The molecule has 0 aliphatic carbocycles. The van der Waals surface area contributed by atoms with Crippen molar-refractivity contribution in [3.05, 3.63) is 95.0 Å². The molecule has 8 heteroatoms. The monoisotopic (exact) mass is 438 g/mol. The summed E-state index contributed by atoms with van der Waals surface area (Å²) in [5.74, 6) is -0.658. The van der Waals surface area contributed by atoms with Crippen LogP contribution in [0.5, 0.6) is 5.75 Å². The highest BCUT2D eigenvalue weighted by molar-refractivity contribution is 7.87. The van der Waals surface area contributed by atoms with E-state index in [9.17, 15) is 18.5 Å². The first-order valence-corrected chi connectivity index (χ1v) is 10.4. The average molecular weight is 439 g/mol. The van der Waals surface area contributed by atoms with E-state index in [4.69, 9.17) is 15.8 Å². The quantitative estimate of drug-likeness (QED) is 0.343. The van der Waals surface area contributed by atoms with Crippen LogP contribution in [0.25, 0.3) is 6.08 Å². The fourth-order valence-corrected chi connectivity index (χ4v) is 3.57. The average Bonchev–Trinajstić information content (AvgIpc) is 2.75. The number of halogens is 1. The molecule has 3 rings (SSSR count). The van der Waals surface area contributed by atoms with Crippen LogP contribution in [-0.4, -0.2) is 14.3 Å². The zero-order valence-corrected chi connectivity index (χ0v) is 17.0. The van der Waals surface area contributed by atoms with Gasteiger partial charge in [0.2, 0.25) is 0 Å². The summed E-state index contributed by atoms with van der Waals surface area (Å²) in [5.41, 5.74) is 0.500. The van der Waals surface area contributed by atoms with Crippen LogP contribution >= 0.6 is 11.6 Å². The molecule has 0 aromatic heterocycles. The van der Waals surface area contributed by atoms with Crippen LogP contribution in [0.4, 0.5) is 5.69 Å². The fourth-order valence-electron chi connectivity index (χ4n) is 2.46. The number of nitrogens with one attached hydrogen (secondary N) is 1. The Morgan fingerprint density at radius 1 is 0.967 bits per heavy atom. The number of rotatable bonds is 6. The molecule has 0 atom stereocenters. The summed E-state index contributed by atoms with van der Waals surface area (Å²) in [6, 6.07) is 22.1. The van der Waals surface area contributed by atoms with E-state index in [0.717, 1.165) is 0 Å². The largest absolute Gasteiger partial charge is 0.378 e. The lowest BCUT2D eigenvalue weighted by Gasteiger charge is -2.10. The third-order valence-electron chi connectivity index (χ3n) is 3.92. The van der Waals surface area contributed by atoms with Crippen LogP contribution in [-0.2, 0) is 14.9 Å². The molecule has 0 saturated heterocycles. The van der Waals surface area contributed by atoms with Crippen molar-refractivity contribution < 1.29 is 17.4 Å². The van der Waals surface area contributed by atoms with Crippen molar-refractivity contribution >= 4 is 39.4 Å². The van der Waals surface area contributed by atoms with Crippen molar-refractivity contribution in [3.63, 3.8) is 0 Å². The van der Waals surface area contributed by atoms with Gasteiger partial charge < -0.3 is 9.50 Å². The van der Waals surface area contributed by atoms with Crippen LogP contribution in [0.3, 0.4) is 0 Å². The summed E-state index contributed by atoms with van der Waals surface area (Å²) >= 11 is 5.82. The van der Waals surface area contributed by atoms with Gasteiger partial charge in [-0.05, 0) is 48.5 Å². The third kappa shape index (κ3) is 5.26. The lowest BCUT2D eigenvalue weighted by molar-refractivity contribution is -0.112. The summed E-state index contributed by atoms with van der Waals surface area (Å²) in [5, 5.41) is 12.5. The SMILES string of the molecule is N#C/C(=C\c1ccccc1OS(=O)(=O)c1ccccc1)C(=O)Nc1ccc(Cl)cc1. The van der Waals surface area contributed by atoms with Crippen molar-refractivity contribution in [1.29, 1.82) is 5.26 Å². The molecule has 1 N–H and O–H groups in total. The smallest absolute Gasteiger partial charge is 0.339 e. The van der Waals surface area contributed by atoms with Gasteiger partial charge in [-0.2, -0.15) is 13.7 Å². The maximum Gasteiger partial charge on any atom is 0.339 e. The molecule has 0 aliphatic heterocycles. The summed E-state index contributed by atoms with van der Waals surface area (Å²) in [7, 11) is -4.08. The molecule has 0 radical (unpaired) electrons. The van der Waals surface area contributed by atoms with Crippen LogP contribution in [0, 0.1) is 11.3 Å². The highest BCUT2D eigenvalue weighted by Gasteiger charge is 2.18. The van der Waals surface area contributed by atoms with Gasteiger partial charge in [0.15, 0.2) is 0 Å². The minimum Gasteiger partial charge on any atom is -0.378 e. The molecule has 30 heavy (non-hydrogen) atoms. The van der Waals surface area contributed by atoms with Gasteiger partial charge in [-0.1, -0.05) is 48.0 Å². The molecule has 0 aliphatic rings. The van der Waals surface area contributed by atoms with Crippen LogP contribution in [0.2, 0.25) is 5.02 Å². The third-order valence-corrected chi connectivity index (χ3v) is 5.42. The van der Waals surface area contributed by atoms with E-state index in [2.05, 4.69) is 5.32 Å². The van der Waals surface area contributed by atoms with Gasteiger partial charge in [0.25, 0.3) is 5.91 Å². The highest BCUT2D eigenvalue weighted by atomic mass is 35.5. The van der Waals surface area contributed by atoms with E-state index in [1.165, 1.54) is 24.3 Å². The predicted molar refractivity (Wildman–Crippen MR) is 114 cm³/mol. The van der Waals surface area contributed by atoms with E-state index in [1.807, 2.05) is 6.07 Å². The summed E-state index contributed by atoms with van der Waals surface area (Å²) < 4.78 is 30.3. The van der Waals surface area contributed by atoms with E-state index < -0.39 is 16.0 Å². The molecule has 6 nitrogen and oxygen atoms in total. The van der Waals surface area contributed by atoms with Crippen LogP contribution < -0.4 is 9.50 Å². The molecule has 0 spiro atoms. The first-order chi connectivity index (χ1) is 14.4. The number of benzene rings is 3. The lowest BCUT2D eigenvalue weighted by atomic mass is 10.1. The number of carbonyl (C=O) groups excluding carboxylic acids is 1. The zero-order chi connectivity index (χ0) is 21.6. The molecular formula is C22H15ClN2O4S. The Hall–Kier alpha value is -3.60. The molecule has 0 unspecified atom stereocenters. The predicted octanol–water partition coefficient (Wildman–Crippen LogP) is 4.65. The van der Waals surface area contributed by atoms with E-state index in [1.54, 1.807) is 60.7 Å². The Balaban J connectivity index is 1.88. The Morgan fingerprint density at radius 3 is 2.27 bits per heavy atom. The second-order valence-corrected chi connectivity index (χ2v) is 8.00. The molecular weight excluding hydrogens is 424 g/mol. The first kappa shape index (κ1) is 21.1. The van der Waals surface area contributed by atoms with E-state index >= 15 is 0 Å². The van der Waals surface area contributed by atoms with Gasteiger partial charge in [-0.25, -0.2) is 0 Å². The molecule has 1 amide bonds. The molecule has 3 aromatic carbocycles. The maximum atomic E-state index is 12.5. The van der Waals surface area contributed by atoms with Crippen molar-refractivity contribution in [3.8, 4) is 11.8 Å². The van der Waals surface area contributed by atoms with Crippen molar-refractivity contribution in [2.45, 2.75) is 4.90 Å². The van der Waals surface area contributed by atoms with Crippen LogP contribution in [0.15, 0.2) is 89.3 Å². The van der Waals surface area contributed by atoms with Crippen molar-refractivity contribution in [1.82, 2.24) is 0 Å². The summed E-state index contributed by atoms with van der Waals surface area (Å²) in [6.45, 7) is 0. The second kappa shape index (κ2) is 9.27. The topological polar surface area (TPSA) is 96.3 Å². The van der Waals surface area contributed by atoms with Crippen molar-refractivity contribution in [2.24, 2.45) is 0 Å². The van der Waals surface area contributed by atoms with Gasteiger partial charge in [0.05, 0.1) is 0 Å². The lowest BCUT2D eigenvalue weighted by Crippen LogP contribution is -2.13. The zero-order valence-electron chi connectivity index (χ0n) is 15.4. The molecule has 0 bridgehead atoms. The van der Waals surface area contributed by atoms with Gasteiger partial charge in [0.1, 0.15) is 22.3 Å². The van der Waals surface area contributed by atoms with Gasteiger partial charge in [-0.15, -0.1) is 0 Å². The van der Waals surface area contributed by atoms with Crippen LogP contribution in [0.1, 0.15) is 5.56 Å². The number of hydrogen-bond donors (Lipinski definition) is 1. The molecule has 0 fully saturated rings. The molecule has 150 valence electrons. The van der Waals surface area contributed by atoms with E-state index in [0.29, 0.717) is 10.7 Å². The fraction of sp³-hybridized carbons (Fsp3) is 0.